The van der Waals surface area contributed by atoms with E-state index in [0.717, 1.165) is 18.2 Å². The van der Waals surface area contributed by atoms with Gasteiger partial charge in [0.25, 0.3) is 0 Å². The highest BCUT2D eigenvalue weighted by Crippen LogP contribution is 2.39. The van der Waals surface area contributed by atoms with Gasteiger partial charge in [-0.1, -0.05) is 23.7 Å². The second-order valence-electron chi connectivity index (χ2n) is 2.31. The molecule has 10 heavy (non-hydrogen) atoms. The molecule has 3 aliphatic rings. The van der Waals surface area contributed by atoms with Gasteiger partial charge in [-0.3, -0.25) is 0 Å². The maximum atomic E-state index is 5.60. The summed E-state index contributed by atoms with van der Waals surface area (Å²) in [5, 5.41) is 0.914. The van der Waals surface area contributed by atoms with Gasteiger partial charge in [-0.25, -0.2) is 0 Å². The van der Waals surface area contributed by atoms with E-state index >= 15 is 0 Å². The lowest BCUT2D eigenvalue weighted by Gasteiger charge is -2.15. The van der Waals surface area contributed by atoms with Crippen molar-refractivity contribution in [2.24, 2.45) is 0 Å². The fourth-order valence-corrected chi connectivity index (χ4v) is 1.03. The van der Waals surface area contributed by atoms with Crippen molar-refractivity contribution in [3.05, 3.63) is 23.2 Å². The van der Waals surface area contributed by atoms with E-state index < -0.39 is 0 Å². The molecule has 1 heterocycles. The van der Waals surface area contributed by atoms with Crippen LogP contribution in [0, 0.1) is 0 Å². The summed E-state index contributed by atoms with van der Waals surface area (Å²) in [6, 6.07) is 6.05. The molecular formula is C8H7ClO. The van der Waals surface area contributed by atoms with Crippen LogP contribution in [0.25, 0.3) is 11.1 Å². The first-order chi connectivity index (χ1) is 4.88. The predicted octanol–water partition coefficient (Wildman–Crippen LogP) is 2.34. The molecule has 0 spiro atoms. The highest BCUT2D eigenvalue weighted by molar-refractivity contribution is 6.35. The zero-order valence-electron chi connectivity index (χ0n) is 5.43. The first-order valence-electron chi connectivity index (χ1n) is 3.25. The van der Waals surface area contributed by atoms with Crippen LogP contribution in [0.1, 0.15) is 0 Å². The smallest absolute Gasteiger partial charge is 0.0701 e. The van der Waals surface area contributed by atoms with E-state index in [2.05, 4.69) is 10.8 Å². The Labute approximate surface area is 64.6 Å². The molecule has 1 nitrogen and oxygen atoms in total. The molecule has 0 saturated carbocycles. The molecule has 0 bridgehead atoms. The van der Waals surface area contributed by atoms with Crippen LogP contribution < -0.4 is 0 Å². The molecule has 0 unspecified atom stereocenters. The minimum Gasteiger partial charge on any atom is -0.377 e. The van der Waals surface area contributed by atoms with Crippen LogP contribution in [0.15, 0.2) is 18.2 Å². The number of hydrogen-bond donors (Lipinski definition) is 0. The summed E-state index contributed by atoms with van der Waals surface area (Å²) in [4.78, 5) is 0. The van der Waals surface area contributed by atoms with E-state index in [1.807, 2.05) is 12.1 Å². The predicted molar refractivity (Wildman–Crippen MR) is 41.3 cm³/mol. The van der Waals surface area contributed by atoms with Gasteiger partial charge in [-0.05, 0) is 11.6 Å². The quantitative estimate of drug-likeness (QED) is 0.531. The minimum absolute atomic E-state index is 0.914. The highest BCUT2D eigenvalue weighted by atomic mass is 35.5. The maximum Gasteiger partial charge on any atom is 0.0701 e. The molecule has 1 aliphatic heterocycles. The van der Waals surface area contributed by atoms with Crippen molar-refractivity contribution >= 4 is 11.6 Å². The molecule has 52 valence electrons. The Kier molecular flexibility index (Phi) is 1.40. The lowest BCUT2D eigenvalue weighted by molar-refractivity contribution is 0.475. The summed E-state index contributed by atoms with van der Waals surface area (Å²) in [5.41, 5.74) is 2.55. The number of hydrogen-bond acceptors (Lipinski definition) is 1. The lowest BCUT2D eigenvalue weighted by Crippen LogP contribution is -1.89. The number of benzene rings is 1. The number of rotatable bonds is 0. The van der Waals surface area contributed by atoms with Crippen LogP contribution >= 0.6 is 11.6 Å². The summed E-state index contributed by atoms with van der Waals surface area (Å²) in [6.45, 7) is 2.00. The third kappa shape index (κ3) is 1.02. The number of epoxide rings is 1. The maximum absolute atomic E-state index is 5.60. The van der Waals surface area contributed by atoms with Crippen LogP contribution in [-0.2, 0) is 4.74 Å². The molecule has 0 atom stereocenters. The minimum atomic E-state index is 0.914. The molecule has 3 rings (SSSR count). The Hall–Kier alpha value is -0.530. The zero-order valence-corrected chi connectivity index (χ0v) is 6.19. The Morgan fingerprint density at radius 1 is 1.30 bits per heavy atom. The SMILES string of the molecule is C1CO1.Clc1cc2ccc1-2. The van der Waals surface area contributed by atoms with E-state index in [9.17, 15) is 0 Å². The normalized spacial score (nSPS) is 15.3. The topological polar surface area (TPSA) is 12.5 Å². The van der Waals surface area contributed by atoms with E-state index in [0.29, 0.717) is 0 Å². The molecule has 1 fully saturated rings. The number of fused-ring (bicyclic) bond motifs is 1. The van der Waals surface area contributed by atoms with Crippen LogP contribution in [0.5, 0.6) is 0 Å². The second kappa shape index (κ2) is 2.26. The third-order valence-corrected chi connectivity index (χ3v) is 1.80. The van der Waals surface area contributed by atoms with Gasteiger partial charge in [-0.2, -0.15) is 0 Å². The molecule has 1 saturated heterocycles. The van der Waals surface area contributed by atoms with Crippen molar-refractivity contribution in [1.82, 2.24) is 0 Å². The van der Waals surface area contributed by atoms with Crippen molar-refractivity contribution in [3.8, 4) is 11.1 Å². The summed E-state index contributed by atoms with van der Waals surface area (Å²) in [7, 11) is 0. The number of ether oxygens (including phenoxy) is 1. The Bertz CT molecular complexity index is 253. The largest absolute Gasteiger partial charge is 0.377 e. The van der Waals surface area contributed by atoms with Crippen molar-refractivity contribution in [2.45, 2.75) is 0 Å². The van der Waals surface area contributed by atoms with Crippen molar-refractivity contribution in [1.29, 1.82) is 0 Å². The van der Waals surface area contributed by atoms with E-state index in [4.69, 9.17) is 11.6 Å². The molecule has 2 aliphatic carbocycles. The van der Waals surface area contributed by atoms with Crippen molar-refractivity contribution < 1.29 is 4.74 Å². The summed E-state index contributed by atoms with van der Waals surface area (Å²) < 4.78 is 4.50. The van der Waals surface area contributed by atoms with E-state index in [1.165, 1.54) is 11.1 Å². The molecule has 0 radical (unpaired) electrons. The van der Waals surface area contributed by atoms with Crippen LogP contribution in [-0.4, -0.2) is 13.2 Å². The summed E-state index contributed by atoms with van der Waals surface area (Å²) >= 11 is 5.60. The van der Waals surface area contributed by atoms with Crippen LogP contribution in [0.2, 0.25) is 5.02 Å². The van der Waals surface area contributed by atoms with Crippen LogP contribution in [0.3, 0.4) is 0 Å². The molecule has 0 aromatic heterocycles. The first-order valence-corrected chi connectivity index (χ1v) is 3.63. The average Bonchev–Trinajstić information content (AvgIpc) is 2.65. The van der Waals surface area contributed by atoms with Gasteiger partial charge in [0.1, 0.15) is 0 Å². The molecule has 0 aromatic carbocycles. The fraction of sp³-hybridized carbons (Fsp3) is 0.250. The van der Waals surface area contributed by atoms with Crippen molar-refractivity contribution in [2.75, 3.05) is 13.2 Å². The first kappa shape index (κ1) is 6.20. The summed E-state index contributed by atoms with van der Waals surface area (Å²) in [6.07, 6.45) is 0. The van der Waals surface area contributed by atoms with Gasteiger partial charge in [0.2, 0.25) is 0 Å². The van der Waals surface area contributed by atoms with Crippen molar-refractivity contribution in [3.63, 3.8) is 0 Å². The molecule has 0 aromatic rings. The Morgan fingerprint density at radius 3 is 2.00 bits per heavy atom. The standard InChI is InChI=1S/C6H3Cl.C2H4O/c7-6-3-4-1-2-5(4)6;1-2-3-1/h1-3H;1-2H2. The third-order valence-electron chi connectivity index (χ3n) is 1.48. The van der Waals surface area contributed by atoms with Gasteiger partial charge in [0.05, 0.1) is 13.2 Å². The van der Waals surface area contributed by atoms with Gasteiger partial charge >= 0.3 is 0 Å². The Morgan fingerprint density at radius 2 is 2.00 bits per heavy atom. The molecule has 2 heteroatoms. The van der Waals surface area contributed by atoms with Gasteiger partial charge < -0.3 is 4.74 Å². The molecule has 0 amide bonds. The van der Waals surface area contributed by atoms with Gasteiger partial charge in [0, 0.05) is 10.6 Å². The summed E-state index contributed by atoms with van der Waals surface area (Å²) in [5.74, 6) is 0. The van der Waals surface area contributed by atoms with Gasteiger partial charge in [0.15, 0.2) is 0 Å². The van der Waals surface area contributed by atoms with E-state index in [-0.39, 0.29) is 0 Å². The monoisotopic (exact) mass is 154 g/mol. The lowest BCUT2D eigenvalue weighted by atomic mass is 9.94. The fourth-order valence-electron chi connectivity index (χ4n) is 0.743. The highest BCUT2D eigenvalue weighted by Gasteiger charge is 2.13. The average molecular weight is 155 g/mol. The second-order valence-corrected chi connectivity index (χ2v) is 2.71. The molecule has 0 N–H and O–H groups in total. The zero-order chi connectivity index (χ0) is 6.97. The van der Waals surface area contributed by atoms with Gasteiger partial charge in [-0.15, -0.1) is 0 Å². The van der Waals surface area contributed by atoms with E-state index in [1.54, 1.807) is 0 Å². The Balaban J connectivity index is 0.000000113. The molecular weight excluding hydrogens is 148 g/mol. The number of halogens is 1. The van der Waals surface area contributed by atoms with Crippen LogP contribution in [0.4, 0.5) is 0 Å².